The number of aryl methyl sites for hydroxylation is 3. The number of methoxy groups -OCH3 is 1. The zero-order chi connectivity index (χ0) is 25.8. The summed E-state index contributed by atoms with van der Waals surface area (Å²) in [5, 5.41) is 16.8. The number of anilines is 1. The molecule has 0 saturated heterocycles. The lowest BCUT2D eigenvalue weighted by molar-refractivity contribution is -0.113. The fourth-order valence-corrected chi connectivity index (χ4v) is 6.28. The van der Waals surface area contributed by atoms with Crippen LogP contribution in [0.1, 0.15) is 39.7 Å². The Labute approximate surface area is 222 Å². The van der Waals surface area contributed by atoms with E-state index in [1.165, 1.54) is 35.1 Å². The zero-order valence-corrected chi connectivity index (χ0v) is 23.3. The van der Waals surface area contributed by atoms with Crippen molar-refractivity contribution in [3.05, 3.63) is 56.6 Å². The van der Waals surface area contributed by atoms with E-state index in [0.29, 0.717) is 15.7 Å². The van der Waals surface area contributed by atoms with Gasteiger partial charge in [-0.2, -0.15) is 0 Å². The number of carbonyl (C=O) groups is 2. The highest BCUT2D eigenvalue weighted by molar-refractivity contribution is 7.99. The highest BCUT2D eigenvalue weighted by Crippen LogP contribution is 2.38. The van der Waals surface area contributed by atoms with Gasteiger partial charge >= 0.3 is 5.97 Å². The lowest BCUT2D eigenvalue weighted by Crippen LogP contribution is -2.16. The van der Waals surface area contributed by atoms with Crippen molar-refractivity contribution in [2.24, 2.45) is 0 Å². The number of aromatic nitrogens is 3. The van der Waals surface area contributed by atoms with E-state index in [-0.39, 0.29) is 11.7 Å². The zero-order valence-electron chi connectivity index (χ0n) is 20.9. The Bertz CT molecular complexity index is 1400. The highest BCUT2D eigenvalue weighted by Gasteiger charge is 2.24. The first-order valence-electron chi connectivity index (χ1n) is 11.5. The van der Waals surface area contributed by atoms with Gasteiger partial charge in [0, 0.05) is 33.3 Å². The SMILES string of the molecule is CCCn1c(SCC(=O)Nc2scc(-c3cc(C)ccc3C)c2C(=O)OC)nnc1-c1csc(C)c1. The van der Waals surface area contributed by atoms with E-state index >= 15 is 0 Å². The average Bonchev–Trinajstić information content (AvgIpc) is 3.57. The predicted molar refractivity (Wildman–Crippen MR) is 148 cm³/mol. The second kappa shape index (κ2) is 11.4. The average molecular weight is 541 g/mol. The van der Waals surface area contributed by atoms with Gasteiger partial charge in [-0.3, -0.25) is 4.79 Å². The maximum atomic E-state index is 12.9. The highest BCUT2D eigenvalue weighted by atomic mass is 32.2. The van der Waals surface area contributed by atoms with Gasteiger partial charge in [0.05, 0.1) is 12.9 Å². The molecule has 10 heteroatoms. The number of hydrogen-bond acceptors (Lipinski definition) is 8. The summed E-state index contributed by atoms with van der Waals surface area (Å²) in [6.07, 6.45) is 0.923. The number of nitrogens with one attached hydrogen (secondary N) is 1. The van der Waals surface area contributed by atoms with Crippen LogP contribution in [-0.4, -0.2) is 39.5 Å². The second-order valence-electron chi connectivity index (χ2n) is 8.40. The maximum absolute atomic E-state index is 12.9. The lowest BCUT2D eigenvalue weighted by Gasteiger charge is -2.10. The molecule has 0 atom stereocenters. The molecule has 1 aromatic carbocycles. The number of thiophene rings is 2. The minimum absolute atomic E-state index is 0.141. The molecule has 1 amide bonds. The number of nitrogens with zero attached hydrogens (tertiary/aromatic N) is 3. The standard InChI is InChI=1S/C26H28N4O3S3/c1-6-9-30-23(18-11-17(4)34-12-18)28-29-26(30)36-14-21(31)27-24-22(25(32)33-5)20(13-35-24)19-10-15(2)7-8-16(19)3/h7-8,10-13H,6,9,14H2,1-5H3,(H,27,31). The summed E-state index contributed by atoms with van der Waals surface area (Å²) >= 11 is 4.33. The monoisotopic (exact) mass is 540 g/mol. The summed E-state index contributed by atoms with van der Waals surface area (Å²) in [5.74, 6) is 0.252. The van der Waals surface area contributed by atoms with E-state index in [1.54, 1.807) is 11.3 Å². The molecule has 3 aromatic heterocycles. The van der Waals surface area contributed by atoms with Crippen LogP contribution in [0, 0.1) is 20.8 Å². The molecular formula is C26H28N4O3S3. The number of ether oxygens (including phenoxy) is 1. The molecule has 0 fully saturated rings. The molecule has 36 heavy (non-hydrogen) atoms. The molecule has 0 radical (unpaired) electrons. The van der Waals surface area contributed by atoms with Crippen molar-refractivity contribution in [3.63, 3.8) is 0 Å². The fourth-order valence-electron chi connectivity index (χ4n) is 3.87. The first-order valence-corrected chi connectivity index (χ1v) is 14.3. The Morgan fingerprint density at radius 2 is 1.89 bits per heavy atom. The van der Waals surface area contributed by atoms with Gasteiger partial charge in [0.2, 0.25) is 5.91 Å². The summed E-state index contributed by atoms with van der Waals surface area (Å²) in [4.78, 5) is 26.9. The molecule has 4 rings (SSSR count). The third-order valence-electron chi connectivity index (χ3n) is 5.60. The number of benzene rings is 1. The van der Waals surface area contributed by atoms with Crippen molar-refractivity contribution in [2.75, 3.05) is 18.2 Å². The topological polar surface area (TPSA) is 86.1 Å². The molecule has 0 spiro atoms. The van der Waals surface area contributed by atoms with Crippen LogP contribution in [0.3, 0.4) is 0 Å². The third-order valence-corrected chi connectivity index (χ3v) is 8.33. The van der Waals surface area contributed by atoms with E-state index in [1.807, 2.05) is 37.4 Å². The van der Waals surface area contributed by atoms with E-state index < -0.39 is 5.97 Å². The number of carbonyl (C=O) groups excluding carboxylic acids is 2. The maximum Gasteiger partial charge on any atom is 0.341 e. The van der Waals surface area contributed by atoms with Crippen molar-refractivity contribution >= 4 is 51.3 Å². The van der Waals surface area contributed by atoms with Crippen LogP contribution in [-0.2, 0) is 16.1 Å². The van der Waals surface area contributed by atoms with Crippen LogP contribution in [0.5, 0.6) is 0 Å². The fraction of sp³-hybridized carbons (Fsp3) is 0.308. The van der Waals surface area contributed by atoms with E-state index in [2.05, 4.69) is 45.4 Å². The van der Waals surface area contributed by atoms with E-state index in [9.17, 15) is 9.59 Å². The number of esters is 1. The van der Waals surface area contributed by atoms with Gasteiger partial charge in [0.25, 0.3) is 0 Å². The van der Waals surface area contributed by atoms with E-state index in [4.69, 9.17) is 4.74 Å². The Kier molecular flexibility index (Phi) is 8.28. The minimum atomic E-state index is -0.478. The molecule has 1 N–H and O–H groups in total. The second-order valence-corrected chi connectivity index (χ2v) is 11.3. The van der Waals surface area contributed by atoms with Crippen LogP contribution in [0.4, 0.5) is 5.00 Å². The number of hydrogen-bond donors (Lipinski definition) is 1. The van der Waals surface area contributed by atoms with Crippen molar-refractivity contribution in [1.82, 2.24) is 14.8 Å². The van der Waals surface area contributed by atoms with Crippen molar-refractivity contribution in [3.8, 4) is 22.5 Å². The molecule has 3 heterocycles. The number of amides is 1. The third kappa shape index (κ3) is 5.55. The van der Waals surface area contributed by atoms with Crippen molar-refractivity contribution in [1.29, 1.82) is 0 Å². The van der Waals surface area contributed by atoms with Crippen molar-refractivity contribution < 1.29 is 14.3 Å². The van der Waals surface area contributed by atoms with Gasteiger partial charge in [0.1, 0.15) is 10.6 Å². The summed E-state index contributed by atoms with van der Waals surface area (Å²) in [6.45, 7) is 8.93. The molecule has 0 bridgehead atoms. The number of thioether (sulfide) groups is 1. The molecule has 7 nitrogen and oxygen atoms in total. The van der Waals surface area contributed by atoms with Gasteiger partial charge in [-0.1, -0.05) is 42.4 Å². The molecule has 188 valence electrons. The number of rotatable bonds is 9. The van der Waals surface area contributed by atoms with Crippen LogP contribution in [0.2, 0.25) is 0 Å². The summed E-state index contributed by atoms with van der Waals surface area (Å²) in [7, 11) is 1.35. The van der Waals surface area contributed by atoms with Crippen LogP contribution in [0.15, 0.2) is 40.2 Å². The van der Waals surface area contributed by atoms with E-state index in [0.717, 1.165) is 46.6 Å². The summed E-state index contributed by atoms with van der Waals surface area (Å²) in [5.41, 5.74) is 5.25. The molecule has 0 aliphatic carbocycles. The van der Waals surface area contributed by atoms with Gasteiger partial charge in [-0.15, -0.1) is 32.9 Å². The van der Waals surface area contributed by atoms with Crippen LogP contribution in [0.25, 0.3) is 22.5 Å². The quantitative estimate of drug-likeness (QED) is 0.190. The van der Waals surface area contributed by atoms with Crippen molar-refractivity contribution in [2.45, 2.75) is 45.8 Å². The van der Waals surface area contributed by atoms with Gasteiger partial charge in [-0.25, -0.2) is 4.79 Å². The molecular weight excluding hydrogens is 513 g/mol. The molecule has 4 aromatic rings. The normalized spacial score (nSPS) is 11.0. The van der Waals surface area contributed by atoms with Gasteiger partial charge < -0.3 is 14.6 Å². The Morgan fingerprint density at radius 3 is 2.58 bits per heavy atom. The molecule has 0 unspecified atom stereocenters. The predicted octanol–water partition coefficient (Wildman–Crippen LogP) is 6.59. The van der Waals surface area contributed by atoms with Crippen LogP contribution < -0.4 is 5.32 Å². The minimum Gasteiger partial charge on any atom is -0.465 e. The Balaban J connectivity index is 1.54. The first-order chi connectivity index (χ1) is 17.3. The summed E-state index contributed by atoms with van der Waals surface area (Å²) < 4.78 is 7.12. The lowest BCUT2D eigenvalue weighted by atomic mass is 9.97. The smallest absolute Gasteiger partial charge is 0.341 e. The van der Waals surface area contributed by atoms with Gasteiger partial charge in [-0.05, 0) is 44.4 Å². The first kappa shape index (κ1) is 26.1. The molecule has 0 aliphatic rings. The Hall–Kier alpha value is -2.95. The summed E-state index contributed by atoms with van der Waals surface area (Å²) in [6, 6.07) is 8.20. The largest absolute Gasteiger partial charge is 0.465 e. The van der Waals surface area contributed by atoms with Crippen LogP contribution >= 0.6 is 34.4 Å². The van der Waals surface area contributed by atoms with Gasteiger partial charge in [0.15, 0.2) is 11.0 Å². The Morgan fingerprint density at radius 1 is 1.08 bits per heavy atom. The molecule has 0 saturated carbocycles. The molecule has 0 aliphatic heterocycles.